The number of hydrogen-bond acceptors (Lipinski definition) is 2. The van der Waals surface area contributed by atoms with Gasteiger partial charge in [-0.1, -0.05) is 28.1 Å². The monoisotopic (exact) mass is 343 g/mol. The first-order valence-corrected chi connectivity index (χ1v) is 7.40. The third kappa shape index (κ3) is 2.85. The van der Waals surface area contributed by atoms with Gasteiger partial charge in [0.25, 0.3) is 5.91 Å². The third-order valence-corrected chi connectivity index (χ3v) is 3.90. The van der Waals surface area contributed by atoms with Gasteiger partial charge < -0.3 is 9.73 Å². The van der Waals surface area contributed by atoms with Gasteiger partial charge in [0.2, 0.25) is 0 Å². The summed E-state index contributed by atoms with van der Waals surface area (Å²) < 4.78 is 6.51. The zero-order valence-corrected chi connectivity index (χ0v) is 13.3. The minimum atomic E-state index is -0.247. The normalized spacial score (nSPS) is 10.8. The van der Waals surface area contributed by atoms with Gasteiger partial charge in [-0.15, -0.1) is 0 Å². The molecular weight excluding hydrogens is 330 g/mol. The van der Waals surface area contributed by atoms with Crippen molar-refractivity contribution >= 4 is 38.5 Å². The predicted molar refractivity (Wildman–Crippen MR) is 87.8 cm³/mol. The second-order valence-electron chi connectivity index (χ2n) is 5.09. The summed E-state index contributed by atoms with van der Waals surface area (Å²) in [5, 5.41) is 3.76. The molecule has 0 saturated heterocycles. The lowest BCUT2D eigenvalue weighted by Crippen LogP contribution is -2.11. The van der Waals surface area contributed by atoms with Crippen molar-refractivity contribution in [3.63, 3.8) is 0 Å². The largest absolute Gasteiger partial charge is 0.451 e. The number of carbonyl (C=O) groups is 1. The minimum Gasteiger partial charge on any atom is -0.451 e. The number of hydrogen-bond donors (Lipinski definition) is 1. The van der Waals surface area contributed by atoms with E-state index in [0.717, 1.165) is 26.7 Å². The molecule has 0 saturated carbocycles. The average molecular weight is 344 g/mol. The first-order valence-electron chi connectivity index (χ1n) is 6.60. The Bertz CT molecular complexity index is 816. The molecule has 0 aliphatic rings. The first-order chi connectivity index (χ1) is 10.0. The molecular formula is C17H14BrNO2. The standard InChI is InChI=1S/C17H14BrNO2/c1-10-6-11(2)8-12(7-10)19-17(20)16-9-13-14(18)4-3-5-15(13)21-16/h3-9H,1-2H3,(H,19,20). The molecule has 0 radical (unpaired) electrons. The van der Waals surface area contributed by atoms with E-state index in [4.69, 9.17) is 4.42 Å². The van der Waals surface area contributed by atoms with E-state index in [-0.39, 0.29) is 5.91 Å². The predicted octanol–water partition coefficient (Wildman–Crippen LogP) is 5.06. The van der Waals surface area contributed by atoms with Gasteiger partial charge in [-0.2, -0.15) is 0 Å². The molecule has 1 amide bonds. The summed E-state index contributed by atoms with van der Waals surface area (Å²) in [6.07, 6.45) is 0. The van der Waals surface area contributed by atoms with Crippen LogP contribution in [0.5, 0.6) is 0 Å². The van der Waals surface area contributed by atoms with Gasteiger partial charge in [0.05, 0.1) is 0 Å². The van der Waals surface area contributed by atoms with Crippen LogP contribution in [0.1, 0.15) is 21.7 Å². The lowest BCUT2D eigenvalue weighted by atomic mass is 10.1. The maximum Gasteiger partial charge on any atom is 0.291 e. The Morgan fingerprint density at radius 3 is 2.48 bits per heavy atom. The van der Waals surface area contributed by atoms with Crippen molar-refractivity contribution in [3.05, 3.63) is 63.8 Å². The SMILES string of the molecule is Cc1cc(C)cc(NC(=O)c2cc3c(Br)cccc3o2)c1. The molecule has 3 aromatic rings. The fraction of sp³-hybridized carbons (Fsp3) is 0.118. The molecule has 0 aliphatic carbocycles. The van der Waals surface area contributed by atoms with Crippen LogP contribution in [0.15, 0.2) is 51.4 Å². The van der Waals surface area contributed by atoms with Crippen molar-refractivity contribution in [2.24, 2.45) is 0 Å². The molecule has 0 spiro atoms. The van der Waals surface area contributed by atoms with Gasteiger partial charge in [0.15, 0.2) is 5.76 Å². The van der Waals surface area contributed by atoms with Gasteiger partial charge >= 0.3 is 0 Å². The van der Waals surface area contributed by atoms with Crippen molar-refractivity contribution in [2.75, 3.05) is 5.32 Å². The van der Waals surface area contributed by atoms with Crippen molar-refractivity contribution in [2.45, 2.75) is 13.8 Å². The number of furan rings is 1. The van der Waals surface area contributed by atoms with E-state index in [0.29, 0.717) is 11.3 Å². The number of amides is 1. The van der Waals surface area contributed by atoms with Gasteiger partial charge in [0.1, 0.15) is 5.58 Å². The van der Waals surface area contributed by atoms with Crippen LogP contribution in [-0.4, -0.2) is 5.91 Å². The summed E-state index contributed by atoms with van der Waals surface area (Å²) >= 11 is 3.45. The summed E-state index contributed by atoms with van der Waals surface area (Å²) in [5.41, 5.74) is 3.68. The first kappa shape index (κ1) is 13.9. The zero-order chi connectivity index (χ0) is 15.0. The molecule has 0 bridgehead atoms. The van der Waals surface area contributed by atoms with Crippen LogP contribution in [0.4, 0.5) is 5.69 Å². The smallest absolute Gasteiger partial charge is 0.291 e. The molecule has 106 valence electrons. The lowest BCUT2D eigenvalue weighted by molar-refractivity contribution is 0.0998. The number of benzene rings is 2. The fourth-order valence-corrected chi connectivity index (χ4v) is 2.84. The summed E-state index contributed by atoms with van der Waals surface area (Å²) in [6.45, 7) is 4.00. The Morgan fingerprint density at radius 2 is 1.81 bits per heavy atom. The molecule has 0 fully saturated rings. The van der Waals surface area contributed by atoms with Gasteiger partial charge in [0, 0.05) is 15.5 Å². The van der Waals surface area contributed by atoms with Crippen molar-refractivity contribution < 1.29 is 9.21 Å². The molecule has 0 atom stereocenters. The van der Waals surface area contributed by atoms with E-state index < -0.39 is 0 Å². The van der Waals surface area contributed by atoms with E-state index in [1.807, 2.05) is 44.2 Å². The van der Waals surface area contributed by atoms with Gasteiger partial charge in [-0.3, -0.25) is 4.79 Å². The number of aryl methyl sites for hydroxylation is 2. The van der Waals surface area contributed by atoms with E-state index in [1.165, 1.54) is 0 Å². The number of anilines is 1. The van der Waals surface area contributed by atoms with E-state index >= 15 is 0 Å². The van der Waals surface area contributed by atoms with Crippen molar-refractivity contribution in [3.8, 4) is 0 Å². The van der Waals surface area contributed by atoms with Crippen LogP contribution in [0.2, 0.25) is 0 Å². The number of carbonyl (C=O) groups excluding carboxylic acids is 1. The van der Waals surface area contributed by atoms with Crippen LogP contribution in [-0.2, 0) is 0 Å². The van der Waals surface area contributed by atoms with Crippen LogP contribution in [0, 0.1) is 13.8 Å². The molecule has 3 nitrogen and oxygen atoms in total. The minimum absolute atomic E-state index is 0.247. The second-order valence-corrected chi connectivity index (χ2v) is 5.95. The maximum atomic E-state index is 12.3. The van der Waals surface area contributed by atoms with E-state index in [2.05, 4.69) is 27.3 Å². The summed E-state index contributed by atoms with van der Waals surface area (Å²) in [5.74, 6) is 0.0548. The summed E-state index contributed by atoms with van der Waals surface area (Å²) in [6, 6.07) is 13.3. The average Bonchev–Trinajstić information content (AvgIpc) is 2.83. The molecule has 2 aromatic carbocycles. The third-order valence-electron chi connectivity index (χ3n) is 3.21. The topological polar surface area (TPSA) is 42.2 Å². The highest BCUT2D eigenvalue weighted by atomic mass is 79.9. The number of halogens is 1. The Morgan fingerprint density at radius 1 is 1.10 bits per heavy atom. The molecule has 4 heteroatoms. The Labute approximate surface area is 131 Å². The van der Waals surface area contributed by atoms with Crippen LogP contribution in [0.3, 0.4) is 0 Å². The quantitative estimate of drug-likeness (QED) is 0.706. The number of fused-ring (bicyclic) bond motifs is 1. The highest BCUT2D eigenvalue weighted by molar-refractivity contribution is 9.10. The van der Waals surface area contributed by atoms with E-state index in [9.17, 15) is 4.79 Å². The molecule has 1 N–H and O–H groups in total. The Balaban J connectivity index is 1.91. The highest BCUT2D eigenvalue weighted by Crippen LogP contribution is 2.27. The molecule has 0 unspecified atom stereocenters. The van der Waals surface area contributed by atoms with Crippen molar-refractivity contribution in [1.82, 2.24) is 0 Å². The molecule has 0 aliphatic heterocycles. The van der Waals surface area contributed by atoms with Crippen LogP contribution < -0.4 is 5.32 Å². The molecule has 1 heterocycles. The Hall–Kier alpha value is -2.07. The van der Waals surface area contributed by atoms with Gasteiger partial charge in [-0.05, 0) is 55.3 Å². The number of rotatable bonds is 2. The fourth-order valence-electron chi connectivity index (χ4n) is 2.38. The molecule has 1 aromatic heterocycles. The van der Waals surface area contributed by atoms with Crippen LogP contribution >= 0.6 is 15.9 Å². The summed E-state index contributed by atoms with van der Waals surface area (Å²) in [7, 11) is 0. The van der Waals surface area contributed by atoms with E-state index in [1.54, 1.807) is 6.07 Å². The van der Waals surface area contributed by atoms with Crippen LogP contribution in [0.25, 0.3) is 11.0 Å². The Kier molecular flexibility index (Phi) is 3.55. The van der Waals surface area contributed by atoms with Crippen molar-refractivity contribution in [1.29, 1.82) is 0 Å². The summed E-state index contributed by atoms with van der Waals surface area (Å²) in [4.78, 5) is 12.3. The zero-order valence-electron chi connectivity index (χ0n) is 11.7. The molecule has 3 rings (SSSR count). The lowest BCUT2D eigenvalue weighted by Gasteiger charge is -2.05. The van der Waals surface area contributed by atoms with Gasteiger partial charge in [-0.25, -0.2) is 0 Å². The second kappa shape index (κ2) is 5.37. The number of nitrogens with one attached hydrogen (secondary N) is 1. The maximum absolute atomic E-state index is 12.3. The highest BCUT2D eigenvalue weighted by Gasteiger charge is 2.14. The molecule has 21 heavy (non-hydrogen) atoms.